The predicted octanol–water partition coefficient (Wildman–Crippen LogP) is -0.912. The zero-order chi connectivity index (χ0) is 6.57. The third-order valence-electron chi connectivity index (χ3n) is 0.427. The molecule has 42 valence electrons. The topological polar surface area (TPSA) is 63.6 Å². The summed E-state index contributed by atoms with van der Waals surface area (Å²) in [6, 6.07) is 0. The Balaban J connectivity index is 3.40. The summed E-state index contributed by atoms with van der Waals surface area (Å²) < 4.78 is 4.21. The van der Waals surface area contributed by atoms with Crippen molar-refractivity contribution in [1.82, 2.24) is 0 Å². The average molecular weight is 307 g/mol. The number of carboxylic acids is 1. The maximum absolute atomic E-state index is 10.1. The summed E-state index contributed by atoms with van der Waals surface area (Å²) in [5.74, 6) is -1.79. The number of carbonyl (C=O) groups is 2. The number of hydrogen-bond donors (Lipinski definition) is 1. The monoisotopic (exact) mass is 308 g/mol. The molecular formula is C3H3O4Tl. The Morgan fingerprint density at radius 1 is 1.62 bits per heavy atom. The molecule has 0 aliphatic rings. The molecule has 0 aromatic heterocycles. The van der Waals surface area contributed by atoms with Crippen molar-refractivity contribution in [3.05, 3.63) is 0 Å². The van der Waals surface area contributed by atoms with E-state index in [4.69, 9.17) is 5.11 Å². The van der Waals surface area contributed by atoms with Gasteiger partial charge in [0.15, 0.2) is 0 Å². The predicted molar refractivity (Wildman–Crippen MR) is 24.1 cm³/mol. The normalized spacial score (nSPS) is 7.88. The molecule has 8 heavy (non-hydrogen) atoms. The molecule has 0 atom stereocenters. The van der Waals surface area contributed by atoms with Gasteiger partial charge < -0.3 is 0 Å². The number of carbonyl (C=O) groups excluding carboxylic acids is 1. The van der Waals surface area contributed by atoms with Gasteiger partial charge in [-0.05, 0) is 0 Å². The minimum atomic E-state index is -1.14. The van der Waals surface area contributed by atoms with Crippen LogP contribution in [-0.4, -0.2) is 43.3 Å². The van der Waals surface area contributed by atoms with Crippen molar-refractivity contribution in [3.8, 4) is 0 Å². The van der Waals surface area contributed by atoms with Crippen molar-refractivity contribution in [2.24, 2.45) is 0 Å². The first kappa shape index (κ1) is 7.86. The molecule has 0 aliphatic heterocycles. The van der Waals surface area contributed by atoms with Gasteiger partial charge in [0.2, 0.25) is 0 Å². The van der Waals surface area contributed by atoms with Crippen LogP contribution in [0.15, 0.2) is 0 Å². The standard InChI is InChI=1S/C3H4O4.Tl/c4-2(5)1-3(6)7;/h1H2,(H,4,5)(H,6,7);/q;+1/p-1. The van der Waals surface area contributed by atoms with E-state index < -0.39 is 18.4 Å². The van der Waals surface area contributed by atoms with Crippen LogP contribution in [0, 0.1) is 0 Å². The van der Waals surface area contributed by atoms with E-state index in [-0.39, 0.29) is 26.2 Å². The van der Waals surface area contributed by atoms with Gasteiger partial charge in [0.25, 0.3) is 0 Å². The van der Waals surface area contributed by atoms with Crippen LogP contribution in [0.4, 0.5) is 0 Å². The van der Waals surface area contributed by atoms with Crippen molar-refractivity contribution in [1.29, 1.82) is 0 Å². The van der Waals surface area contributed by atoms with Crippen molar-refractivity contribution < 1.29 is 17.4 Å². The molecule has 0 rings (SSSR count). The fourth-order valence-electron chi connectivity index (χ4n) is 0.165. The van der Waals surface area contributed by atoms with Crippen LogP contribution in [0.1, 0.15) is 6.42 Å². The van der Waals surface area contributed by atoms with Crippen LogP contribution >= 0.6 is 0 Å². The van der Waals surface area contributed by atoms with Gasteiger partial charge in [-0.2, -0.15) is 0 Å². The molecule has 4 nitrogen and oxygen atoms in total. The molecular weight excluding hydrogens is 304 g/mol. The zero-order valence-corrected chi connectivity index (χ0v) is 8.45. The molecule has 0 amide bonds. The van der Waals surface area contributed by atoms with Crippen LogP contribution in [0.3, 0.4) is 0 Å². The number of carboxylic acid groups (broad SMARTS) is 1. The third kappa shape index (κ3) is 4.03. The van der Waals surface area contributed by atoms with Crippen LogP contribution in [0.25, 0.3) is 0 Å². The Hall–Kier alpha value is -0.138. The first-order valence-corrected chi connectivity index (χ1v) is 3.61. The molecule has 0 heterocycles. The molecule has 0 unspecified atom stereocenters. The van der Waals surface area contributed by atoms with E-state index in [0.29, 0.717) is 0 Å². The molecule has 0 saturated heterocycles. The first-order chi connectivity index (χ1) is 3.66. The Morgan fingerprint density at radius 2 is 2.12 bits per heavy atom. The van der Waals surface area contributed by atoms with E-state index in [9.17, 15) is 9.59 Å². The second-order valence-electron chi connectivity index (χ2n) is 1.06. The number of hydrogen-bond acceptors (Lipinski definition) is 3. The molecule has 1 N–H and O–H groups in total. The number of rotatable bonds is 2. The van der Waals surface area contributed by atoms with Crippen LogP contribution in [-0.2, 0) is 12.3 Å². The second kappa shape index (κ2) is 3.81. The van der Waals surface area contributed by atoms with Crippen LogP contribution in [0.5, 0.6) is 0 Å². The minimum absolute atomic E-state index is 0.0897. The summed E-state index contributed by atoms with van der Waals surface area (Å²) in [7, 11) is 0. The third-order valence-corrected chi connectivity index (χ3v) is 1.45. The van der Waals surface area contributed by atoms with E-state index in [1.807, 2.05) is 0 Å². The molecule has 0 aliphatic carbocycles. The summed E-state index contributed by atoms with van der Waals surface area (Å²) in [4.78, 5) is 19.7. The van der Waals surface area contributed by atoms with E-state index in [2.05, 4.69) is 2.69 Å². The SMILES string of the molecule is O=C(O)CC(=O)[O][Tl]. The molecule has 0 radical (unpaired) electrons. The molecule has 0 aromatic rings. The molecule has 0 bridgehead atoms. The van der Waals surface area contributed by atoms with Crippen molar-refractivity contribution >= 4 is 38.2 Å². The van der Waals surface area contributed by atoms with Gasteiger partial charge in [-0.3, -0.25) is 0 Å². The van der Waals surface area contributed by atoms with Gasteiger partial charge >= 0.3 is 62.0 Å². The van der Waals surface area contributed by atoms with E-state index in [1.165, 1.54) is 0 Å². The summed E-state index contributed by atoms with van der Waals surface area (Å²) in [6.07, 6.45) is -0.517. The number of aliphatic carboxylic acids is 1. The summed E-state index contributed by atoms with van der Waals surface area (Å²) in [5, 5.41) is 7.93. The van der Waals surface area contributed by atoms with Gasteiger partial charge in [0, 0.05) is 0 Å². The van der Waals surface area contributed by atoms with Gasteiger partial charge in [-0.25, -0.2) is 0 Å². The Morgan fingerprint density at radius 3 is 2.25 bits per heavy atom. The van der Waals surface area contributed by atoms with Crippen molar-refractivity contribution in [2.75, 3.05) is 0 Å². The summed E-state index contributed by atoms with van der Waals surface area (Å²) >= 11 is 0.0897. The van der Waals surface area contributed by atoms with Gasteiger partial charge in [0.05, 0.1) is 0 Å². The summed E-state index contributed by atoms with van der Waals surface area (Å²) in [5.41, 5.74) is 0. The van der Waals surface area contributed by atoms with Crippen molar-refractivity contribution in [3.63, 3.8) is 0 Å². The van der Waals surface area contributed by atoms with E-state index >= 15 is 0 Å². The fourth-order valence-corrected chi connectivity index (χ4v) is 0.489. The average Bonchev–Trinajstić information content (AvgIpc) is 1.65. The van der Waals surface area contributed by atoms with E-state index in [0.717, 1.165) is 0 Å². The maximum atomic E-state index is 10.1. The van der Waals surface area contributed by atoms with Gasteiger partial charge in [0.1, 0.15) is 0 Å². The quantitative estimate of drug-likeness (QED) is 0.530. The zero-order valence-electron chi connectivity index (χ0n) is 3.96. The molecule has 5 heteroatoms. The van der Waals surface area contributed by atoms with Gasteiger partial charge in [-0.15, -0.1) is 0 Å². The van der Waals surface area contributed by atoms with Crippen molar-refractivity contribution in [2.45, 2.75) is 6.42 Å². The van der Waals surface area contributed by atoms with Crippen LogP contribution in [0.2, 0.25) is 0 Å². The van der Waals surface area contributed by atoms with Crippen LogP contribution < -0.4 is 0 Å². The Bertz CT molecular complexity index is 110. The van der Waals surface area contributed by atoms with E-state index in [1.54, 1.807) is 0 Å². The molecule has 0 saturated carbocycles. The fraction of sp³-hybridized carbons (Fsp3) is 0.333. The Labute approximate surface area is 62.2 Å². The molecule has 0 fully saturated rings. The first-order valence-electron chi connectivity index (χ1n) is 1.78. The molecule has 0 aromatic carbocycles. The summed E-state index contributed by atoms with van der Waals surface area (Å²) in [6.45, 7) is 0. The Kier molecular flexibility index (Phi) is 3.75. The van der Waals surface area contributed by atoms with Gasteiger partial charge in [-0.1, -0.05) is 0 Å². The second-order valence-corrected chi connectivity index (χ2v) is 1.98. The molecule has 0 spiro atoms.